The van der Waals surface area contributed by atoms with Crippen molar-refractivity contribution in [3.05, 3.63) is 24.0 Å². The number of aliphatic hydroxyl groups is 1. The first kappa shape index (κ1) is 13.5. The number of aliphatic carboxylic acids is 1. The van der Waals surface area contributed by atoms with E-state index in [2.05, 4.69) is 15.5 Å². The number of nitrogens with zero attached hydrogens (tertiary/aromatic N) is 2. The lowest BCUT2D eigenvalue weighted by molar-refractivity contribution is -0.137. The largest absolute Gasteiger partial charge is 0.481 e. The van der Waals surface area contributed by atoms with Gasteiger partial charge in [-0.05, 0) is 25.0 Å². The number of aromatic nitrogens is 2. The molecule has 0 unspecified atom stereocenters. The van der Waals surface area contributed by atoms with Crippen LogP contribution in [0.5, 0.6) is 0 Å². The van der Waals surface area contributed by atoms with Crippen molar-refractivity contribution in [2.24, 2.45) is 0 Å². The Kier molecular flexibility index (Phi) is 6.13. The van der Waals surface area contributed by atoms with Gasteiger partial charge in [0, 0.05) is 25.6 Å². The van der Waals surface area contributed by atoms with Crippen LogP contribution in [-0.2, 0) is 11.2 Å². The van der Waals surface area contributed by atoms with Gasteiger partial charge in [0.1, 0.15) is 6.23 Å². The zero-order chi connectivity index (χ0) is 12.5. The first-order valence-corrected chi connectivity index (χ1v) is 5.58. The van der Waals surface area contributed by atoms with Crippen molar-refractivity contribution >= 4 is 5.97 Å². The van der Waals surface area contributed by atoms with E-state index in [4.69, 9.17) is 5.11 Å². The molecule has 94 valence electrons. The van der Waals surface area contributed by atoms with E-state index in [-0.39, 0.29) is 6.42 Å². The smallest absolute Gasteiger partial charge is 0.303 e. The SMILES string of the molecule is O=C(O)CCC[C@H](O)NCCc1cccnn1. The molecule has 0 radical (unpaired) electrons. The van der Waals surface area contributed by atoms with Crippen molar-refractivity contribution in [1.29, 1.82) is 0 Å². The lowest BCUT2D eigenvalue weighted by Crippen LogP contribution is -2.30. The van der Waals surface area contributed by atoms with E-state index >= 15 is 0 Å². The minimum absolute atomic E-state index is 0.0862. The monoisotopic (exact) mass is 239 g/mol. The number of aliphatic hydroxyl groups excluding tert-OH is 1. The Morgan fingerprint density at radius 2 is 2.35 bits per heavy atom. The summed E-state index contributed by atoms with van der Waals surface area (Å²) in [5, 5.41) is 28.5. The summed E-state index contributed by atoms with van der Waals surface area (Å²) in [5.41, 5.74) is 0.859. The van der Waals surface area contributed by atoms with Crippen LogP contribution in [0.2, 0.25) is 0 Å². The van der Waals surface area contributed by atoms with Crippen LogP contribution in [0.15, 0.2) is 18.3 Å². The highest BCUT2D eigenvalue weighted by Crippen LogP contribution is 1.99. The predicted octanol–water partition coefficient (Wildman–Crippen LogP) is 0.182. The molecular formula is C11H17N3O3. The van der Waals surface area contributed by atoms with Crippen LogP contribution in [-0.4, -0.2) is 39.2 Å². The van der Waals surface area contributed by atoms with Gasteiger partial charge in [-0.15, -0.1) is 0 Å². The molecule has 6 nitrogen and oxygen atoms in total. The summed E-state index contributed by atoms with van der Waals surface area (Å²) in [7, 11) is 0. The predicted molar refractivity (Wildman–Crippen MR) is 61.2 cm³/mol. The second kappa shape index (κ2) is 7.70. The van der Waals surface area contributed by atoms with Crippen LogP contribution in [0.3, 0.4) is 0 Å². The number of rotatable bonds is 8. The van der Waals surface area contributed by atoms with E-state index in [0.29, 0.717) is 25.8 Å². The highest BCUT2D eigenvalue weighted by atomic mass is 16.4. The molecule has 0 amide bonds. The summed E-state index contributed by atoms with van der Waals surface area (Å²) in [4.78, 5) is 10.3. The Bertz CT molecular complexity index is 332. The van der Waals surface area contributed by atoms with Crippen molar-refractivity contribution in [2.45, 2.75) is 31.9 Å². The Labute approximate surface area is 99.7 Å². The molecule has 0 aliphatic heterocycles. The third-order valence-corrected chi connectivity index (χ3v) is 2.26. The molecule has 17 heavy (non-hydrogen) atoms. The normalized spacial score (nSPS) is 12.3. The first-order chi connectivity index (χ1) is 8.18. The van der Waals surface area contributed by atoms with Gasteiger partial charge >= 0.3 is 5.97 Å². The van der Waals surface area contributed by atoms with Gasteiger partial charge in [-0.25, -0.2) is 0 Å². The molecule has 0 saturated carbocycles. The molecular weight excluding hydrogens is 222 g/mol. The van der Waals surface area contributed by atoms with Gasteiger partial charge in [0.25, 0.3) is 0 Å². The van der Waals surface area contributed by atoms with Gasteiger partial charge in [-0.1, -0.05) is 0 Å². The van der Waals surface area contributed by atoms with E-state index in [1.54, 1.807) is 6.20 Å². The van der Waals surface area contributed by atoms with Crippen molar-refractivity contribution in [1.82, 2.24) is 15.5 Å². The van der Waals surface area contributed by atoms with Crippen LogP contribution in [0.4, 0.5) is 0 Å². The van der Waals surface area contributed by atoms with Gasteiger partial charge in [-0.3, -0.25) is 10.1 Å². The molecule has 1 heterocycles. The quantitative estimate of drug-likeness (QED) is 0.560. The van der Waals surface area contributed by atoms with E-state index < -0.39 is 12.2 Å². The lowest BCUT2D eigenvalue weighted by Gasteiger charge is -2.11. The van der Waals surface area contributed by atoms with Gasteiger partial charge in [-0.2, -0.15) is 10.2 Å². The number of carboxylic acids is 1. The van der Waals surface area contributed by atoms with Crippen molar-refractivity contribution < 1.29 is 15.0 Å². The number of carboxylic acid groups (broad SMARTS) is 1. The zero-order valence-corrected chi connectivity index (χ0v) is 9.54. The topological polar surface area (TPSA) is 95.3 Å². The molecule has 0 aliphatic rings. The lowest BCUT2D eigenvalue weighted by atomic mass is 10.2. The molecule has 0 saturated heterocycles. The zero-order valence-electron chi connectivity index (χ0n) is 9.54. The van der Waals surface area contributed by atoms with E-state index in [0.717, 1.165) is 5.69 Å². The third kappa shape index (κ3) is 6.60. The number of hydrogen-bond donors (Lipinski definition) is 3. The summed E-state index contributed by atoms with van der Waals surface area (Å²) < 4.78 is 0. The standard InChI is InChI=1S/C11H17N3O3/c15-10(4-1-5-11(16)17)12-8-6-9-3-2-7-13-14-9/h2-3,7,10,12,15H,1,4-6,8H2,(H,16,17)/t10-/m0/s1. The first-order valence-electron chi connectivity index (χ1n) is 5.58. The highest BCUT2D eigenvalue weighted by Gasteiger charge is 2.04. The maximum atomic E-state index is 10.3. The molecule has 1 aromatic rings. The van der Waals surface area contributed by atoms with E-state index in [9.17, 15) is 9.90 Å². The Hall–Kier alpha value is -1.53. The van der Waals surface area contributed by atoms with Gasteiger partial charge < -0.3 is 10.2 Å². The van der Waals surface area contributed by atoms with E-state index in [1.165, 1.54) is 0 Å². The van der Waals surface area contributed by atoms with Gasteiger partial charge in [0.15, 0.2) is 0 Å². The Balaban J connectivity index is 2.08. The Morgan fingerprint density at radius 3 is 3.00 bits per heavy atom. The minimum Gasteiger partial charge on any atom is -0.481 e. The summed E-state index contributed by atoms with van der Waals surface area (Å²) in [6, 6.07) is 3.68. The molecule has 0 aromatic carbocycles. The van der Waals surface area contributed by atoms with E-state index in [1.807, 2.05) is 12.1 Å². The van der Waals surface area contributed by atoms with Crippen LogP contribution in [0.1, 0.15) is 25.0 Å². The fourth-order valence-corrected chi connectivity index (χ4v) is 1.38. The van der Waals surface area contributed by atoms with Crippen molar-refractivity contribution in [2.75, 3.05) is 6.54 Å². The molecule has 3 N–H and O–H groups in total. The van der Waals surface area contributed by atoms with Crippen LogP contribution >= 0.6 is 0 Å². The van der Waals surface area contributed by atoms with Crippen molar-refractivity contribution in [3.8, 4) is 0 Å². The summed E-state index contributed by atoms with van der Waals surface area (Å²) in [6.07, 6.45) is 2.62. The van der Waals surface area contributed by atoms with Crippen molar-refractivity contribution in [3.63, 3.8) is 0 Å². The minimum atomic E-state index is -0.836. The van der Waals surface area contributed by atoms with Crippen LogP contribution in [0.25, 0.3) is 0 Å². The second-order valence-electron chi connectivity index (χ2n) is 3.72. The summed E-state index contributed by atoms with van der Waals surface area (Å²) >= 11 is 0. The Morgan fingerprint density at radius 1 is 1.53 bits per heavy atom. The van der Waals surface area contributed by atoms with Gasteiger partial charge in [0.05, 0.1) is 5.69 Å². The maximum Gasteiger partial charge on any atom is 0.303 e. The number of nitrogens with one attached hydrogen (secondary N) is 1. The molecule has 0 aliphatic carbocycles. The number of carbonyl (C=O) groups is 1. The summed E-state index contributed by atoms with van der Waals surface area (Å²) in [5.74, 6) is -0.836. The van der Waals surface area contributed by atoms with Gasteiger partial charge in [0.2, 0.25) is 0 Å². The molecule has 0 spiro atoms. The molecule has 0 fully saturated rings. The summed E-state index contributed by atoms with van der Waals surface area (Å²) in [6.45, 7) is 0.590. The second-order valence-corrected chi connectivity index (χ2v) is 3.72. The molecule has 1 rings (SSSR count). The molecule has 0 bridgehead atoms. The molecule has 6 heteroatoms. The molecule has 1 atom stereocenters. The fourth-order valence-electron chi connectivity index (χ4n) is 1.38. The average Bonchev–Trinajstić information content (AvgIpc) is 2.30. The van der Waals surface area contributed by atoms with Crippen LogP contribution < -0.4 is 5.32 Å². The number of hydrogen-bond acceptors (Lipinski definition) is 5. The molecule has 1 aromatic heterocycles. The maximum absolute atomic E-state index is 10.3. The average molecular weight is 239 g/mol. The van der Waals surface area contributed by atoms with Crippen LogP contribution in [0, 0.1) is 0 Å². The fraction of sp³-hybridized carbons (Fsp3) is 0.545. The highest BCUT2D eigenvalue weighted by molar-refractivity contribution is 5.66. The third-order valence-electron chi connectivity index (χ3n) is 2.26.